The van der Waals surface area contributed by atoms with Gasteiger partial charge in [-0.1, -0.05) is 19.1 Å². The van der Waals surface area contributed by atoms with Gasteiger partial charge in [0.15, 0.2) is 0 Å². The molecule has 0 amide bonds. The number of aliphatic hydroxyl groups is 1. The topological polar surface area (TPSA) is 71.0 Å². The molecule has 0 aliphatic rings. The SMILES string of the molecule is CC/C=C\C(CCOCCO)c1ncc2cc[nH]c2n1. The third kappa shape index (κ3) is 3.88. The highest BCUT2D eigenvalue weighted by atomic mass is 16.5. The van der Waals surface area contributed by atoms with Gasteiger partial charge in [-0.05, 0) is 18.9 Å². The molecule has 0 bridgehead atoms. The van der Waals surface area contributed by atoms with Crippen LogP contribution < -0.4 is 0 Å². The van der Waals surface area contributed by atoms with E-state index >= 15 is 0 Å². The van der Waals surface area contributed by atoms with Gasteiger partial charge in [-0.15, -0.1) is 0 Å². The van der Waals surface area contributed by atoms with Crippen LogP contribution in [0, 0.1) is 0 Å². The number of nitrogens with one attached hydrogen (secondary N) is 1. The summed E-state index contributed by atoms with van der Waals surface area (Å²) in [6.45, 7) is 3.12. The first kappa shape index (κ1) is 14.7. The summed E-state index contributed by atoms with van der Waals surface area (Å²) in [5.41, 5.74) is 0.862. The van der Waals surface area contributed by atoms with Gasteiger partial charge in [-0.3, -0.25) is 0 Å². The first-order valence-corrected chi connectivity index (χ1v) is 7.00. The number of aromatic amines is 1. The Kier molecular flexibility index (Phi) is 5.70. The lowest BCUT2D eigenvalue weighted by atomic mass is 10.0. The fourth-order valence-electron chi connectivity index (χ4n) is 2.02. The standard InChI is InChI=1S/C15H21N3O2/c1-2-3-4-12(6-9-20-10-8-19)14-17-11-13-5-7-16-15(13)18-14/h3-5,7,11-12,19H,2,6,8-10H2,1H3,(H,16,17,18)/b4-3-. The summed E-state index contributed by atoms with van der Waals surface area (Å²) in [4.78, 5) is 12.1. The van der Waals surface area contributed by atoms with Crippen molar-refractivity contribution in [3.05, 3.63) is 36.4 Å². The second-order valence-electron chi connectivity index (χ2n) is 4.58. The number of rotatable bonds is 8. The molecule has 0 spiro atoms. The van der Waals surface area contributed by atoms with E-state index in [4.69, 9.17) is 9.84 Å². The second kappa shape index (κ2) is 7.77. The predicted molar refractivity (Wildman–Crippen MR) is 78.6 cm³/mol. The number of aromatic nitrogens is 3. The van der Waals surface area contributed by atoms with E-state index in [0.717, 1.165) is 29.7 Å². The van der Waals surface area contributed by atoms with E-state index in [2.05, 4.69) is 34.0 Å². The molecule has 2 aromatic heterocycles. The lowest BCUT2D eigenvalue weighted by molar-refractivity contribution is 0.0889. The van der Waals surface area contributed by atoms with Crippen LogP contribution in [0.1, 0.15) is 31.5 Å². The maximum Gasteiger partial charge on any atom is 0.141 e. The Bertz CT molecular complexity index is 551. The zero-order valence-electron chi connectivity index (χ0n) is 11.7. The highest BCUT2D eigenvalue weighted by molar-refractivity contribution is 5.73. The molecule has 1 atom stereocenters. The minimum Gasteiger partial charge on any atom is -0.394 e. The molecule has 0 aliphatic carbocycles. The van der Waals surface area contributed by atoms with Crippen molar-refractivity contribution in [2.45, 2.75) is 25.7 Å². The predicted octanol–water partition coefficient (Wildman–Crippen LogP) is 2.41. The Labute approximate surface area is 118 Å². The number of H-pyrrole nitrogens is 1. The van der Waals surface area contributed by atoms with Gasteiger partial charge in [0, 0.05) is 30.3 Å². The van der Waals surface area contributed by atoms with Crippen LogP contribution in [-0.4, -0.2) is 39.9 Å². The van der Waals surface area contributed by atoms with E-state index in [-0.39, 0.29) is 12.5 Å². The van der Waals surface area contributed by atoms with Crippen molar-refractivity contribution in [1.82, 2.24) is 15.0 Å². The summed E-state index contributed by atoms with van der Waals surface area (Å²) in [5, 5.41) is 9.73. The largest absolute Gasteiger partial charge is 0.394 e. The van der Waals surface area contributed by atoms with Crippen LogP contribution in [0.3, 0.4) is 0 Å². The molecular weight excluding hydrogens is 254 g/mol. The molecule has 2 rings (SSSR count). The fraction of sp³-hybridized carbons (Fsp3) is 0.467. The van der Waals surface area contributed by atoms with Crippen LogP contribution in [-0.2, 0) is 4.74 Å². The molecule has 0 aromatic carbocycles. The van der Waals surface area contributed by atoms with E-state index in [9.17, 15) is 0 Å². The number of hydrogen-bond donors (Lipinski definition) is 2. The summed E-state index contributed by atoms with van der Waals surface area (Å²) in [5.74, 6) is 0.943. The number of allylic oxidation sites excluding steroid dienone is 2. The average molecular weight is 275 g/mol. The maximum atomic E-state index is 8.72. The Morgan fingerprint density at radius 2 is 2.35 bits per heavy atom. The van der Waals surface area contributed by atoms with Gasteiger partial charge >= 0.3 is 0 Å². The second-order valence-corrected chi connectivity index (χ2v) is 4.58. The van der Waals surface area contributed by atoms with Gasteiger partial charge in [0.05, 0.1) is 13.2 Å². The number of fused-ring (bicyclic) bond motifs is 1. The molecule has 5 nitrogen and oxygen atoms in total. The lowest BCUT2D eigenvalue weighted by Crippen LogP contribution is -2.08. The van der Waals surface area contributed by atoms with E-state index < -0.39 is 0 Å². The van der Waals surface area contributed by atoms with Crippen LogP contribution in [0.2, 0.25) is 0 Å². The normalized spacial score (nSPS) is 13.3. The van der Waals surface area contributed by atoms with Crippen LogP contribution in [0.4, 0.5) is 0 Å². The molecule has 2 aromatic rings. The van der Waals surface area contributed by atoms with Gasteiger partial charge in [0.1, 0.15) is 11.5 Å². The van der Waals surface area contributed by atoms with Crippen LogP contribution in [0.5, 0.6) is 0 Å². The van der Waals surface area contributed by atoms with Gasteiger partial charge in [-0.25, -0.2) is 9.97 Å². The third-order valence-corrected chi connectivity index (χ3v) is 3.06. The van der Waals surface area contributed by atoms with E-state index in [1.54, 1.807) is 0 Å². The molecule has 0 aliphatic heterocycles. The Morgan fingerprint density at radius 3 is 3.15 bits per heavy atom. The van der Waals surface area contributed by atoms with Crippen LogP contribution >= 0.6 is 0 Å². The van der Waals surface area contributed by atoms with Crippen LogP contribution in [0.25, 0.3) is 11.0 Å². The van der Waals surface area contributed by atoms with E-state index in [0.29, 0.717) is 13.2 Å². The van der Waals surface area contributed by atoms with Crippen LogP contribution in [0.15, 0.2) is 30.6 Å². The summed E-state index contributed by atoms with van der Waals surface area (Å²) in [6.07, 6.45) is 9.76. The lowest BCUT2D eigenvalue weighted by Gasteiger charge is -2.11. The number of hydrogen-bond acceptors (Lipinski definition) is 4. The molecule has 0 saturated carbocycles. The maximum absolute atomic E-state index is 8.72. The quantitative estimate of drug-likeness (QED) is 0.573. The molecule has 0 fully saturated rings. The molecule has 1 unspecified atom stereocenters. The minimum absolute atomic E-state index is 0.0560. The number of aliphatic hydroxyl groups excluding tert-OH is 1. The summed E-state index contributed by atoms with van der Waals surface area (Å²) < 4.78 is 5.34. The molecule has 20 heavy (non-hydrogen) atoms. The molecule has 0 radical (unpaired) electrons. The summed E-state index contributed by atoms with van der Waals surface area (Å²) in [6, 6.07) is 1.96. The van der Waals surface area contributed by atoms with Gasteiger partial charge in [-0.2, -0.15) is 0 Å². The van der Waals surface area contributed by atoms with E-state index in [1.165, 1.54) is 0 Å². The van der Waals surface area contributed by atoms with Crippen molar-refractivity contribution in [2.75, 3.05) is 19.8 Å². The zero-order valence-corrected chi connectivity index (χ0v) is 11.7. The minimum atomic E-state index is 0.0560. The smallest absolute Gasteiger partial charge is 0.141 e. The Hall–Kier alpha value is -1.72. The molecule has 0 saturated heterocycles. The highest BCUT2D eigenvalue weighted by Crippen LogP contribution is 2.20. The Morgan fingerprint density at radius 1 is 1.45 bits per heavy atom. The molecule has 2 N–H and O–H groups in total. The van der Waals surface area contributed by atoms with Crippen molar-refractivity contribution in [1.29, 1.82) is 0 Å². The van der Waals surface area contributed by atoms with Crippen molar-refractivity contribution < 1.29 is 9.84 Å². The average Bonchev–Trinajstić information content (AvgIpc) is 2.94. The van der Waals surface area contributed by atoms with Gasteiger partial charge in [0.25, 0.3) is 0 Å². The van der Waals surface area contributed by atoms with E-state index in [1.807, 2.05) is 18.5 Å². The first-order chi connectivity index (χ1) is 9.85. The van der Waals surface area contributed by atoms with Gasteiger partial charge < -0.3 is 14.8 Å². The van der Waals surface area contributed by atoms with Gasteiger partial charge in [0.2, 0.25) is 0 Å². The first-order valence-electron chi connectivity index (χ1n) is 7.00. The van der Waals surface area contributed by atoms with Crippen molar-refractivity contribution in [3.63, 3.8) is 0 Å². The Balaban J connectivity index is 2.09. The summed E-state index contributed by atoms with van der Waals surface area (Å²) >= 11 is 0. The molecule has 5 heteroatoms. The molecule has 108 valence electrons. The van der Waals surface area contributed by atoms with Crippen molar-refractivity contribution in [2.24, 2.45) is 0 Å². The van der Waals surface area contributed by atoms with Crippen molar-refractivity contribution in [3.8, 4) is 0 Å². The molecular formula is C15H21N3O2. The highest BCUT2D eigenvalue weighted by Gasteiger charge is 2.12. The monoisotopic (exact) mass is 275 g/mol. The summed E-state index contributed by atoms with van der Waals surface area (Å²) in [7, 11) is 0. The molecule has 2 heterocycles. The zero-order chi connectivity index (χ0) is 14.2. The van der Waals surface area contributed by atoms with Crippen molar-refractivity contribution >= 4 is 11.0 Å². The fourth-order valence-corrected chi connectivity index (χ4v) is 2.02. The number of ether oxygens (including phenoxy) is 1. The third-order valence-electron chi connectivity index (χ3n) is 3.06. The number of nitrogens with zero attached hydrogens (tertiary/aromatic N) is 2.